The third-order valence-corrected chi connectivity index (χ3v) is 12.9. The molecule has 0 aliphatic rings. The van der Waals surface area contributed by atoms with E-state index >= 15 is 0 Å². The summed E-state index contributed by atoms with van der Waals surface area (Å²) >= 11 is 0. The Morgan fingerprint density at radius 3 is 0.415 bits per heavy atom. The Morgan fingerprint density at radius 2 is 0.283 bits per heavy atom. The van der Waals surface area contributed by atoms with Crippen molar-refractivity contribution in [3.05, 3.63) is 0 Å². The summed E-state index contributed by atoms with van der Waals surface area (Å²) in [5, 5.41) is 0. The maximum absolute atomic E-state index is 2.52. The molecule has 0 radical (unpaired) electrons. The van der Waals surface area contributed by atoms with E-state index in [1.807, 2.05) is 0 Å². The van der Waals surface area contributed by atoms with Crippen LogP contribution in [0.5, 0.6) is 0 Å². The topological polar surface area (TPSA) is 0 Å². The van der Waals surface area contributed by atoms with Crippen LogP contribution in [0.3, 0.4) is 0 Å². The van der Waals surface area contributed by atoms with Gasteiger partial charge in [-0.2, -0.15) is 0 Å². The summed E-state index contributed by atoms with van der Waals surface area (Å²) in [6.45, 7) is 7.15. The number of unbranched alkanes of at least 4 members (excludes halogenated alkanes) is 45. The summed E-state index contributed by atoms with van der Waals surface area (Å²) in [5.74, 6) is 0.963. The minimum absolute atomic E-state index is 0.963. The molecular formula is C53H108. The summed E-state index contributed by atoms with van der Waals surface area (Å²) in [6.07, 6.45) is 72.7. The van der Waals surface area contributed by atoms with Gasteiger partial charge in [0.05, 0.1) is 0 Å². The highest BCUT2D eigenvalue weighted by Crippen LogP contribution is 2.21. The standard InChI is InChI=1S/C53H108/c1-4-6-8-10-12-14-16-18-20-22-24-26-27-28-29-30-32-34-36-38-40-42-44-46-48-50-52-53(3)51-49-47-45-43-41-39-37-35-33-31-25-23-21-19-17-15-13-11-9-7-5-2/h53H,4-52H2,1-3H3. The summed E-state index contributed by atoms with van der Waals surface area (Å²) in [6, 6.07) is 0. The summed E-state index contributed by atoms with van der Waals surface area (Å²) in [4.78, 5) is 0. The molecule has 0 spiro atoms. The maximum atomic E-state index is 2.52. The SMILES string of the molecule is CCCCCCCCCCCCCCCCCCCCCCCCCCCCC(C)CCCCCCCCCCCCCCCCCCCCCCC. The molecule has 0 heterocycles. The highest BCUT2D eigenvalue weighted by molar-refractivity contribution is 4.57. The van der Waals surface area contributed by atoms with Crippen molar-refractivity contribution >= 4 is 0 Å². The smallest absolute Gasteiger partial charge is 0.0443 e. The monoisotopic (exact) mass is 745 g/mol. The highest BCUT2D eigenvalue weighted by Gasteiger charge is 2.03. The van der Waals surface area contributed by atoms with Crippen LogP contribution in [0.15, 0.2) is 0 Å². The molecule has 0 rings (SSSR count). The molecule has 1 unspecified atom stereocenters. The summed E-state index contributed by atoms with van der Waals surface area (Å²) < 4.78 is 0. The van der Waals surface area contributed by atoms with Crippen LogP contribution >= 0.6 is 0 Å². The zero-order valence-electron chi connectivity index (χ0n) is 38.2. The van der Waals surface area contributed by atoms with Crippen LogP contribution in [0.2, 0.25) is 0 Å². The Balaban J connectivity index is 3.14. The van der Waals surface area contributed by atoms with Crippen molar-refractivity contribution in [2.75, 3.05) is 0 Å². The lowest BCUT2D eigenvalue weighted by atomic mass is 9.95. The van der Waals surface area contributed by atoms with E-state index in [1.165, 1.54) is 315 Å². The molecule has 1 atom stereocenters. The summed E-state index contributed by atoms with van der Waals surface area (Å²) in [5.41, 5.74) is 0. The number of rotatable bonds is 49. The van der Waals surface area contributed by atoms with Crippen molar-refractivity contribution in [2.45, 2.75) is 335 Å². The van der Waals surface area contributed by atoms with Crippen LogP contribution < -0.4 is 0 Å². The first kappa shape index (κ1) is 53.0. The van der Waals surface area contributed by atoms with Gasteiger partial charge in [-0.05, 0) is 5.92 Å². The van der Waals surface area contributed by atoms with Crippen molar-refractivity contribution in [1.82, 2.24) is 0 Å². The third kappa shape index (κ3) is 50.0. The van der Waals surface area contributed by atoms with Crippen LogP contribution in [0.4, 0.5) is 0 Å². The van der Waals surface area contributed by atoms with Crippen molar-refractivity contribution in [3.63, 3.8) is 0 Å². The average Bonchev–Trinajstić information content (AvgIpc) is 3.16. The summed E-state index contributed by atoms with van der Waals surface area (Å²) in [7, 11) is 0. The van der Waals surface area contributed by atoms with Gasteiger partial charge in [-0.3, -0.25) is 0 Å². The highest BCUT2D eigenvalue weighted by atomic mass is 14.1. The minimum Gasteiger partial charge on any atom is -0.0654 e. The van der Waals surface area contributed by atoms with Crippen molar-refractivity contribution in [1.29, 1.82) is 0 Å². The van der Waals surface area contributed by atoms with E-state index in [4.69, 9.17) is 0 Å². The zero-order chi connectivity index (χ0) is 38.2. The molecule has 0 aromatic carbocycles. The molecule has 0 amide bonds. The Bertz CT molecular complexity index is 593. The first-order valence-electron chi connectivity index (χ1n) is 26.3. The fraction of sp³-hybridized carbons (Fsp3) is 1.00. The van der Waals surface area contributed by atoms with E-state index in [0.29, 0.717) is 0 Å². The fourth-order valence-corrected chi connectivity index (χ4v) is 8.88. The minimum atomic E-state index is 0.963. The quantitative estimate of drug-likeness (QED) is 0.0544. The van der Waals surface area contributed by atoms with Crippen molar-refractivity contribution in [2.24, 2.45) is 5.92 Å². The van der Waals surface area contributed by atoms with Crippen LogP contribution in [0.25, 0.3) is 0 Å². The van der Waals surface area contributed by atoms with Gasteiger partial charge in [0, 0.05) is 0 Å². The van der Waals surface area contributed by atoms with Crippen LogP contribution in [0.1, 0.15) is 335 Å². The van der Waals surface area contributed by atoms with E-state index in [9.17, 15) is 0 Å². The predicted octanol–water partition coefficient (Wildman–Crippen LogP) is 20.8. The van der Waals surface area contributed by atoms with Crippen LogP contribution in [-0.2, 0) is 0 Å². The van der Waals surface area contributed by atoms with Crippen molar-refractivity contribution < 1.29 is 0 Å². The van der Waals surface area contributed by atoms with Gasteiger partial charge in [0.2, 0.25) is 0 Å². The Morgan fingerprint density at radius 1 is 0.170 bits per heavy atom. The molecule has 0 aliphatic carbocycles. The number of hydrogen-bond donors (Lipinski definition) is 0. The molecule has 0 aromatic heterocycles. The maximum Gasteiger partial charge on any atom is -0.0443 e. The van der Waals surface area contributed by atoms with Gasteiger partial charge in [0.15, 0.2) is 0 Å². The molecule has 0 nitrogen and oxygen atoms in total. The molecule has 53 heavy (non-hydrogen) atoms. The third-order valence-electron chi connectivity index (χ3n) is 12.9. The predicted molar refractivity (Wildman–Crippen MR) is 247 cm³/mol. The molecule has 320 valence electrons. The van der Waals surface area contributed by atoms with Crippen molar-refractivity contribution in [3.8, 4) is 0 Å². The Kier molecular flexibility index (Phi) is 50.0. The molecule has 0 bridgehead atoms. The second kappa shape index (κ2) is 50.0. The second-order valence-electron chi connectivity index (χ2n) is 18.6. The molecule has 0 saturated heterocycles. The molecule has 0 fully saturated rings. The lowest BCUT2D eigenvalue weighted by Gasteiger charge is -2.11. The zero-order valence-corrected chi connectivity index (χ0v) is 38.2. The first-order chi connectivity index (χ1) is 26.3. The van der Waals surface area contributed by atoms with Gasteiger partial charge in [0.1, 0.15) is 0 Å². The van der Waals surface area contributed by atoms with E-state index < -0.39 is 0 Å². The average molecular weight is 745 g/mol. The van der Waals surface area contributed by atoms with E-state index in [2.05, 4.69) is 20.8 Å². The second-order valence-corrected chi connectivity index (χ2v) is 18.6. The van der Waals surface area contributed by atoms with Gasteiger partial charge in [-0.1, -0.05) is 335 Å². The van der Waals surface area contributed by atoms with Crippen LogP contribution in [-0.4, -0.2) is 0 Å². The number of hydrogen-bond acceptors (Lipinski definition) is 0. The largest absolute Gasteiger partial charge is 0.0654 e. The normalized spacial score (nSPS) is 12.3. The van der Waals surface area contributed by atoms with E-state index in [0.717, 1.165) is 5.92 Å². The lowest BCUT2D eigenvalue weighted by molar-refractivity contribution is 0.429. The van der Waals surface area contributed by atoms with Gasteiger partial charge >= 0.3 is 0 Å². The van der Waals surface area contributed by atoms with E-state index in [-0.39, 0.29) is 0 Å². The molecule has 0 saturated carbocycles. The Hall–Kier alpha value is 0. The van der Waals surface area contributed by atoms with Gasteiger partial charge in [-0.15, -0.1) is 0 Å². The van der Waals surface area contributed by atoms with Crippen LogP contribution in [0, 0.1) is 5.92 Å². The molecule has 0 aromatic rings. The first-order valence-corrected chi connectivity index (χ1v) is 26.3. The van der Waals surface area contributed by atoms with E-state index in [1.54, 1.807) is 0 Å². The van der Waals surface area contributed by atoms with Gasteiger partial charge in [0.25, 0.3) is 0 Å². The fourth-order valence-electron chi connectivity index (χ4n) is 8.88. The lowest BCUT2D eigenvalue weighted by Crippen LogP contribution is -1.95. The Labute approximate surface area is 340 Å². The van der Waals surface area contributed by atoms with Gasteiger partial charge in [-0.25, -0.2) is 0 Å². The molecule has 0 aliphatic heterocycles. The van der Waals surface area contributed by atoms with Gasteiger partial charge < -0.3 is 0 Å². The molecule has 0 heteroatoms. The molecular weight excluding hydrogens is 637 g/mol. The molecule has 0 N–H and O–H groups in total.